The molecule has 1 atom stereocenters. The monoisotopic (exact) mass is 275 g/mol. The minimum absolute atomic E-state index is 0.0636. The van der Waals surface area contributed by atoms with Gasteiger partial charge in [-0.25, -0.2) is 0 Å². The SMILES string of the molecule is CCC(CC)C(O)CNC(=O)C1(c2ccccc2)CC1. The summed E-state index contributed by atoms with van der Waals surface area (Å²) in [6.45, 7) is 4.51. The van der Waals surface area contributed by atoms with Gasteiger partial charge in [-0.15, -0.1) is 0 Å². The molecule has 0 spiro atoms. The average molecular weight is 275 g/mol. The number of aliphatic hydroxyl groups excluding tert-OH is 1. The van der Waals surface area contributed by atoms with E-state index >= 15 is 0 Å². The fourth-order valence-electron chi connectivity index (χ4n) is 2.89. The highest BCUT2D eigenvalue weighted by atomic mass is 16.3. The van der Waals surface area contributed by atoms with Crippen molar-refractivity contribution in [1.29, 1.82) is 0 Å². The second-order valence-electron chi connectivity index (χ2n) is 5.80. The fourth-order valence-corrected chi connectivity index (χ4v) is 2.89. The molecule has 1 saturated carbocycles. The highest BCUT2D eigenvalue weighted by Gasteiger charge is 2.51. The Hall–Kier alpha value is -1.35. The Labute approximate surface area is 121 Å². The number of rotatable bonds is 7. The summed E-state index contributed by atoms with van der Waals surface area (Å²) in [5, 5.41) is 13.0. The van der Waals surface area contributed by atoms with Crippen LogP contribution in [0.15, 0.2) is 30.3 Å². The smallest absolute Gasteiger partial charge is 0.230 e. The maximum Gasteiger partial charge on any atom is 0.230 e. The van der Waals surface area contributed by atoms with Crippen molar-refractivity contribution in [1.82, 2.24) is 5.32 Å². The normalized spacial score (nSPS) is 17.8. The molecule has 1 aliphatic carbocycles. The van der Waals surface area contributed by atoms with Crippen LogP contribution in [0.5, 0.6) is 0 Å². The van der Waals surface area contributed by atoms with E-state index in [2.05, 4.69) is 19.2 Å². The van der Waals surface area contributed by atoms with Gasteiger partial charge in [-0.1, -0.05) is 57.0 Å². The molecule has 0 saturated heterocycles. The van der Waals surface area contributed by atoms with Crippen molar-refractivity contribution < 1.29 is 9.90 Å². The van der Waals surface area contributed by atoms with E-state index in [9.17, 15) is 9.90 Å². The molecule has 1 aromatic rings. The van der Waals surface area contributed by atoms with E-state index in [1.165, 1.54) is 0 Å². The zero-order valence-electron chi connectivity index (χ0n) is 12.4. The first-order chi connectivity index (χ1) is 9.64. The summed E-state index contributed by atoms with van der Waals surface area (Å²) in [7, 11) is 0. The molecule has 20 heavy (non-hydrogen) atoms. The summed E-state index contributed by atoms with van der Waals surface area (Å²) >= 11 is 0. The molecule has 1 unspecified atom stereocenters. The maximum atomic E-state index is 12.4. The number of nitrogens with one attached hydrogen (secondary N) is 1. The highest BCUT2D eigenvalue weighted by molar-refractivity contribution is 5.91. The van der Waals surface area contributed by atoms with Gasteiger partial charge in [-0.2, -0.15) is 0 Å². The van der Waals surface area contributed by atoms with Crippen LogP contribution in [0.1, 0.15) is 45.1 Å². The highest BCUT2D eigenvalue weighted by Crippen LogP contribution is 2.48. The van der Waals surface area contributed by atoms with Crippen molar-refractivity contribution in [2.45, 2.75) is 51.0 Å². The summed E-state index contributed by atoms with van der Waals surface area (Å²) in [6, 6.07) is 9.95. The zero-order chi connectivity index (χ0) is 14.6. The van der Waals surface area contributed by atoms with Gasteiger partial charge in [0.15, 0.2) is 0 Å². The van der Waals surface area contributed by atoms with Crippen LogP contribution in [0, 0.1) is 5.92 Å². The third-order valence-electron chi connectivity index (χ3n) is 4.58. The van der Waals surface area contributed by atoms with E-state index in [1.54, 1.807) is 0 Å². The number of carbonyl (C=O) groups excluding carboxylic acids is 1. The van der Waals surface area contributed by atoms with Crippen LogP contribution >= 0.6 is 0 Å². The zero-order valence-corrected chi connectivity index (χ0v) is 12.4. The van der Waals surface area contributed by atoms with E-state index < -0.39 is 6.10 Å². The Morgan fingerprint density at radius 2 is 1.85 bits per heavy atom. The van der Waals surface area contributed by atoms with Crippen LogP contribution in [0.25, 0.3) is 0 Å². The van der Waals surface area contributed by atoms with Gasteiger partial charge < -0.3 is 10.4 Å². The lowest BCUT2D eigenvalue weighted by molar-refractivity contribution is -0.124. The van der Waals surface area contributed by atoms with Gasteiger partial charge in [0, 0.05) is 6.54 Å². The van der Waals surface area contributed by atoms with Crippen molar-refractivity contribution in [3.8, 4) is 0 Å². The van der Waals surface area contributed by atoms with Crippen molar-refractivity contribution >= 4 is 5.91 Å². The first-order valence-electron chi connectivity index (χ1n) is 7.66. The molecule has 0 aromatic heterocycles. The summed E-state index contributed by atoms with van der Waals surface area (Å²) in [5.41, 5.74) is 0.754. The lowest BCUT2D eigenvalue weighted by Crippen LogP contribution is -2.41. The molecule has 1 amide bonds. The number of hydrogen-bond donors (Lipinski definition) is 2. The van der Waals surface area contributed by atoms with Gasteiger partial charge in [0.1, 0.15) is 0 Å². The maximum absolute atomic E-state index is 12.4. The number of aliphatic hydroxyl groups is 1. The number of carbonyl (C=O) groups is 1. The molecule has 3 heteroatoms. The van der Waals surface area contributed by atoms with Crippen LogP contribution in [0.4, 0.5) is 0 Å². The van der Waals surface area contributed by atoms with Crippen molar-refractivity contribution in [3.05, 3.63) is 35.9 Å². The molecule has 2 N–H and O–H groups in total. The fraction of sp³-hybridized carbons (Fsp3) is 0.588. The molecule has 0 aliphatic heterocycles. The number of amides is 1. The molecular weight excluding hydrogens is 250 g/mol. The van der Waals surface area contributed by atoms with Crippen molar-refractivity contribution in [3.63, 3.8) is 0 Å². The molecule has 0 heterocycles. The van der Waals surface area contributed by atoms with E-state index in [0.29, 0.717) is 6.54 Å². The van der Waals surface area contributed by atoms with E-state index in [4.69, 9.17) is 0 Å². The first-order valence-corrected chi connectivity index (χ1v) is 7.66. The Morgan fingerprint density at radius 3 is 2.35 bits per heavy atom. The Bertz CT molecular complexity index is 436. The van der Waals surface area contributed by atoms with Crippen LogP contribution < -0.4 is 5.32 Å². The van der Waals surface area contributed by atoms with Gasteiger partial charge >= 0.3 is 0 Å². The Balaban J connectivity index is 1.93. The second kappa shape index (κ2) is 6.40. The largest absolute Gasteiger partial charge is 0.391 e. The molecule has 0 bridgehead atoms. The molecule has 1 aliphatic rings. The average Bonchev–Trinajstić information content (AvgIpc) is 3.28. The molecule has 110 valence electrons. The van der Waals surface area contributed by atoms with E-state index in [-0.39, 0.29) is 17.2 Å². The van der Waals surface area contributed by atoms with Crippen LogP contribution in [-0.2, 0) is 10.2 Å². The van der Waals surface area contributed by atoms with Crippen LogP contribution in [-0.4, -0.2) is 23.7 Å². The predicted octanol–water partition coefficient (Wildman–Crippen LogP) is 2.63. The minimum atomic E-state index is -0.444. The Morgan fingerprint density at radius 1 is 1.25 bits per heavy atom. The number of hydrogen-bond acceptors (Lipinski definition) is 2. The standard InChI is InChI=1S/C17H25NO2/c1-3-13(4-2)15(19)12-18-16(20)17(10-11-17)14-8-6-5-7-9-14/h5-9,13,15,19H,3-4,10-12H2,1-2H3,(H,18,20). The third-order valence-corrected chi connectivity index (χ3v) is 4.58. The van der Waals surface area contributed by atoms with Crippen molar-refractivity contribution in [2.75, 3.05) is 6.54 Å². The third kappa shape index (κ3) is 3.04. The number of benzene rings is 1. The lowest BCUT2D eigenvalue weighted by atomic mass is 9.94. The summed E-state index contributed by atoms with van der Waals surface area (Å²) in [5.74, 6) is 0.330. The first kappa shape index (κ1) is 15.0. The molecule has 0 radical (unpaired) electrons. The molecular formula is C17H25NO2. The van der Waals surface area contributed by atoms with Gasteiger partial charge in [0.25, 0.3) is 0 Å². The second-order valence-corrected chi connectivity index (χ2v) is 5.80. The lowest BCUT2D eigenvalue weighted by Gasteiger charge is -2.22. The summed E-state index contributed by atoms with van der Waals surface area (Å²) < 4.78 is 0. The van der Waals surface area contributed by atoms with Crippen LogP contribution in [0.3, 0.4) is 0 Å². The van der Waals surface area contributed by atoms with Gasteiger partial charge in [-0.05, 0) is 24.3 Å². The molecule has 2 rings (SSSR count). The minimum Gasteiger partial charge on any atom is -0.391 e. The topological polar surface area (TPSA) is 49.3 Å². The van der Waals surface area contributed by atoms with Crippen molar-refractivity contribution in [2.24, 2.45) is 5.92 Å². The Kier molecular flexibility index (Phi) is 4.81. The quantitative estimate of drug-likeness (QED) is 0.803. The van der Waals surface area contributed by atoms with Gasteiger partial charge in [0.05, 0.1) is 11.5 Å². The predicted molar refractivity (Wildman–Crippen MR) is 80.4 cm³/mol. The van der Waals surface area contributed by atoms with Gasteiger partial charge in [0.2, 0.25) is 5.91 Å². The van der Waals surface area contributed by atoms with Gasteiger partial charge in [-0.3, -0.25) is 4.79 Å². The molecule has 3 nitrogen and oxygen atoms in total. The molecule has 1 aromatic carbocycles. The summed E-state index contributed by atoms with van der Waals surface area (Å²) in [6.07, 6.45) is 3.25. The van der Waals surface area contributed by atoms with Crippen LogP contribution in [0.2, 0.25) is 0 Å². The molecule has 1 fully saturated rings. The summed E-state index contributed by atoms with van der Waals surface area (Å²) in [4.78, 5) is 12.4. The van der Waals surface area contributed by atoms with E-state index in [0.717, 1.165) is 31.2 Å². The van der Waals surface area contributed by atoms with E-state index in [1.807, 2.05) is 30.3 Å².